The van der Waals surface area contributed by atoms with Crippen molar-refractivity contribution in [3.05, 3.63) is 83.4 Å². The predicted octanol–water partition coefficient (Wildman–Crippen LogP) is 5.53. The molecule has 1 aromatic heterocycles. The number of H-pyrrole nitrogens is 1. The summed E-state index contributed by atoms with van der Waals surface area (Å²) in [6.07, 6.45) is 0.821. The fraction of sp³-hybridized carbons (Fsp3) is 0.185. The Morgan fingerprint density at radius 1 is 1.00 bits per heavy atom. The maximum atomic E-state index is 12.9. The van der Waals surface area contributed by atoms with Gasteiger partial charge in [-0.15, -0.1) is 0 Å². The molecule has 2 amide bonds. The van der Waals surface area contributed by atoms with Gasteiger partial charge in [-0.2, -0.15) is 0 Å². The summed E-state index contributed by atoms with van der Waals surface area (Å²) in [6, 6.07) is 22.9. The molecule has 0 unspecified atom stereocenters. The summed E-state index contributed by atoms with van der Waals surface area (Å²) in [5.41, 5.74) is 4.62. The Hall–Kier alpha value is -3.77. The predicted molar refractivity (Wildman–Crippen MR) is 136 cm³/mol. The molecule has 0 aliphatic carbocycles. The van der Waals surface area contributed by atoms with Gasteiger partial charge in [0, 0.05) is 30.1 Å². The molecule has 0 aliphatic heterocycles. The van der Waals surface area contributed by atoms with E-state index >= 15 is 0 Å². The number of aromatic nitrogens is 1. The molecule has 6 nitrogen and oxygen atoms in total. The smallest absolute Gasteiger partial charge is 0.244 e. The van der Waals surface area contributed by atoms with E-state index in [-0.39, 0.29) is 24.8 Å². The van der Waals surface area contributed by atoms with E-state index in [1.807, 2.05) is 42.5 Å². The van der Waals surface area contributed by atoms with Crippen LogP contribution in [0.3, 0.4) is 0 Å². The topological polar surface area (TPSA) is 74.4 Å². The number of carbonyl (C=O) groups is 2. The molecule has 4 rings (SSSR count). The molecule has 0 aliphatic rings. The van der Waals surface area contributed by atoms with Crippen LogP contribution < -0.4 is 10.1 Å². The number of hydrogen-bond acceptors (Lipinski definition) is 3. The minimum absolute atomic E-state index is 0.0523. The van der Waals surface area contributed by atoms with Gasteiger partial charge in [-0.3, -0.25) is 9.59 Å². The van der Waals surface area contributed by atoms with Crippen LogP contribution in [0.1, 0.15) is 12.0 Å². The molecule has 0 spiro atoms. The van der Waals surface area contributed by atoms with E-state index in [4.69, 9.17) is 16.3 Å². The fourth-order valence-electron chi connectivity index (χ4n) is 3.94. The Kier molecular flexibility index (Phi) is 7.18. The minimum atomic E-state index is -0.296. The average Bonchev–Trinajstić information content (AvgIpc) is 3.22. The molecule has 0 bridgehead atoms. The summed E-state index contributed by atoms with van der Waals surface area (Å²) in [7, 11) is 3.27. The van der Waals surface area contributed by atoms with Crippen molar-refractivity contribution in [3.8, 4) is 17.0 Å². The number of benzene rings is 3. The number of hydrogen-bond donors (Lipinski definition) is 2. The Bertz CT molecular complexity index is 1310. The van der Waals surface area contributed by atoms with Crippen LogP contribution in [0.5, 0.6) is 5.75 Å². The zero-order valence-electron chi connectivity index (χ0n) is 19.1. The molecule has 0 radical (unpaired) electrons. The summed E-state index contributed by atoms with van der Waals surface area (Å²) in [5.74, 6) is 0.378. The minimum Gasteiger partial charge on any atom is -0.497 e. The molecular formula is C27H26ClN3O3. The number of amides is 2. The number of nitrogens with zero attached hydrogens (tertiary/aromatic N) is 1. The summed E-state index contributed by atoms with van der Waals surface area (Å²) in [4.78, 5) is 30.2. The highest BCUT2D eigenvalue weighted by molar-refractivity contribution is 6.33. The Labute approximate surface area is 203 Å². The zero-order chi connectivity index (χ0) is 24.1. The number of likely N-dealkylation sites (N-methyl/N-ethyl adjacent to an activating group) is 1. The highest BCUT2D eigenvalue weighted by atomic mass is 35.5. The number of aromatic amines is 1. The number of fused-ring (bicyclic) bond motifs is 1. The highest BCUT2D eigenvalue weighted by Crippen LogP contribution is 2.32. The second kappa shape index (κ2) is 10.4. The Morgan fingerprint density at radius 2 is 1.71 bits per heavy atom. The SMILES string of the molecule is COc1ccc(-c2[nH]c3ccccc3c2CCC(=O)N(C)CC(=O)Nc2ccccc2Cl)cc1. The third-order valence-corrected chi connectivity index (χ3v) is 6.07. The van der Waals surface area contributed by atoms with Crippen molar-refractivity contribution in [2.75, 3.05) is 26.0 Å². The number of para-hydroxylation sites is 2. The van der Waals surface area contributed by atoms with Crippen LogP contribution in [-0.4, -0.2) is 42.4 Å². The average molecular weight is 476 g/mol. The number of aryl methyl sites for hydroxylation is 1. The molecule has 174 valence electrons. The summed E-state index contributed by atoms with van der Waals surface area (Å²) in [5, 5.41) is 4.29. The summed E-state index contributed by atoms with van der Waals surface area (Å²) >= 11 is 6.10. The van der Waals surface area contributed by atoms with E-state index in [9.17, 15) is 9.59 Å². The highest BCUT2D eigenvalue weighted by Gasteiger charge is 2.18. The first-order valence-electron chi connectivity index (χ1n) is 11.0. The maximum absolute atomic E-state index is 12.9. The summed E-state index contributed by atoms with van der Waals surface area (Å²) in [6.45, 7) is -0.0523. The number of rotatable bonds is 8. The summed E-state index contributed by atoms with van der Waals surface area (Å²) < 4.78 is 5.27. The van der Waals surface area contributed by atoms with Crippen molar-refractivity contribution in [3.63, 3.8) is 0 Å². The monoisotopic (exact) mass is 475 g/mol. The van der Waals surface area contributed by atoms with E-state index in [1.54, 1.807) is 38.4 Å². The molecule has 0 atom stereocenters. The van der Waals surface area contributed by atoms with Crippen molar-refractivity contribution in [1.82, 2.24) is 9.88 Å². The van der Waals surface area contributed by atoms with Crippen LogP contribution in [0.4, 0.5) is 5.69 Å². The van der Waals surface area contributed by atoms with Gasteiger partial charge in [0.1, 0.15) is 5.75 Å². The van der Waals surface area contributed by atoms with E-state index in [1.165, 1.54) is 4.90 Å². The second-order valence-corrected chi connectivity index (χ2v) is 8.44. The Balaban J connectivity index is 1.46. The molecule has 0 saturated carbocycles. The van der Waals surface area contributed by atoms with Gasteiger partial charge < -0.3 is 19.9 Å². The molecule has 3 aromatic carbocycles. The van der Waals surface area contributed by atoms with Crippen molar-refractivity contribution < 1.29 is 14.3 Å². The van der Waals surface area contributed by atoms with Gasteiger partial charge in [-0.1, -0.05) is 41.9 Å². The van der Waals surface area contributed by atoms with E-state index in [0.717, 1.165) is 33.5 Å². The number of halogens is 1. The maximum Gasteiger partial charge on any atom is 0.244 e. The molecule has 2 N–H and O–H groups in total. The van der Waals surface area contributed by atoms with E-state index < -0.39 is 0 Å². The molecular weight excluding hydrogens is 450 g/mol. The van der Waals surface area contributed by atoms with Gasteiger partial charge in [-0.05, 0) is 60.0 Å². The van der Waals surface area contributed by atoms with Gasteiger partial charge in [0.2, 0.25) is 11.8 Å². The third kappa shape index (κ3) is 5.24. The first kappa shape index (κ1) is 23.4. The van der Waals surface area contributed by atoms with Crippen molar-refractivity contribution >= 4 is 40.0 Å². The standard InChI is InChI=1S/C27H26ClN3O3/c1-31(17-25(32)29-24-10-6-4-8-22(24)28)26(33)16-15-21-20-7-3-5-9-23(20)30-27(21)18-11-13-19(34-2)14-12-18/h3-14,30H,15-17H2,1-2H3,(H,29,32). The molecule has 7 heteroatoms. The molecule has 4 aromatic rings. The lowest BCUT2D eigenvalue weighted by Crippen LogP contribution is -2.35. The largest absolute Gasteiger partial charge is 0.497 e. The number of ether oxygens (including phenoxy) is 1. The molecule has 0 fully saturated rings. The Morgan fingerprint density at radius 3 is 2.44 bits per heavy atom. The second-order valence-electron chi connectivity index (χ2n) is 8.03. The number of methoxy groups -OCH3 is 1. The van der Waals surface area contributed by atoms with Crippen LogP contribution >= 0.6 is 11.6 Å². The number of carbonyl (C=O) groups excluding carboxylic acids is 2. The van der Waals surface area contributed by atoms with Crippen LogP contribution in [0.2, 0.25) is 5.02 Å². The van der Waals surface area contributed by atoms with E-state index in [0.29, 0.717) is 17.1 Å². The van der Waals surface area contributed by atoms with E-state index in [2.05, 4.69) is 16.4 Å². The normalized spacial score (nSPS) is 10.8. The van der Waals surface area contributed by atoms with Gasteiger partial charge in [0.25, 0.3) is 0 Å². The van der Waals surface area contributed by atoms with Crippen LogP contribution in [0, 0.1) is 0 Å². The van der Waals surface area contributed by atoms with Crippen LogP contribution in [0.25, 0.3) is 22.2 Å². The van der Waals surface area contributed by atoms with Crippen molar-refractivity contribution in [1.29, 1.82) is 0 Å². The molecule has 1 heterocycles. The van der Waals surface area contributed by atoms with Gasteiger partial charge >= 0.3 is 0 Å². The zero-order valence-corrected chi connectivity index (χ0v) is 19.9. The quantitative estimate of drug-likeness (QED) is 0.352. The van der Waals surface area contributed by atoms with Crippen molar-refractivity contribution in [2.45, 2.75) is 12.8 Å². The molecule has 0 saturated heterocycles. The lowest BCUT2D eigenvalue weighted by Gasteiger charge is -2.17. The molecule has 34 heavy (non-hydrogen) atoms. The first-order valence-corrected chi connectivity index (χ1v) is 11.4. The van der Waals surface area contributed by atoms with Crippen LogP contribution in [-0.2, 0) is 16.0 Å². The lowest BCUT2D eigenvalue weighted by molar-refractivity contribution is -0.133. The fourth-order valence-corrected chi connectivity index (χ4v) is 4.13. The number of nitrogens with one attached hydrogen (secondary N) is 2. The van der Waals surface area contributed by atoms with Gasteiger partial charge in [-0.25, -0.2) is 0 Å². The van der Waals surface area contributed by atoms with Crippen LogP contribution in [0.15, 0.2) is 72.8 Å². The third-order valence-electron chi connectivity index (χ3n) is 5.74. The first-order chi connectivity index (χ1) is 16.5. The van der Waals surface area contributed by atoms with Crippen molar-refractivity contribution in [2.24, 2.45) is 0 Å². The number of anilines is 1. The lowest BCUT2D eigenvalue weighted by atomic mass is 10.0. The van der Waals surface area contributed by atoms with Gasteiger partial charge in [0.15, 0.2) is 0 Å². The van der Waals surface area contributed by atoms with Gasteiger partial charge in [0.05, 0.1) is 24.4 Å².